The summed E-state index contributed by atoms with van der Waals surface area (Å²) in [5.41, 5.74) is 8.66. The van der Waals surface area contributed by atoms with Gasteiger partial charge in [-0.2, -0.15) is 5.56 Å². The predicted octanol–water partition coefficient (Wildman–Crippen LogP) is 10.2. The maximum atomic E-state index is 4.95. The van der Waals surface area contributed by atoms with Crippen LogP contribution >= 0.6 is 0 Å². The normalized spacial score (nSPS) is 10.8. The van der Waals surface area contributed by atoms with E-state index in [2.05, 4.69) is 114 Å². The van der Waals surface area contributed by atoms with Gasteiger partial charge in [0.05, 0.1) is 19.1 Å². The van der Waals surface area contributed by atoms with Gasteiger partial charge in [-0.1, -0.05) is 104 Å². The number of para-hydroxylation sites is 3. The Hall–Kier alpha value is -4.35. The van der Waals surface area contributed by atoms with Crippen molar-refractivity contribution in [1.82, 2.24) is 19.5 Å². The molecule has 0 saturated carbocycles. The van der Waals surface area contributed by atoms with E-state index in [9.17, 15) is 0 Å². The standard InChI is InChI=1S/C32H18N3.C14H16NSi.B.Ir.Y/c1-2-12-27(13-3-1)35-30-16-7-6-15-29(30)34-32(35)25-11-8-10-23(19-25)26-20-24-18-17-22-9-4-5-14-28(22)31(24)33-21-26;1-16(2,3)13-9-10-14(15-11-13)12-7-5-4-6-8-12;;;/h1-10,12-18,20H;4-7,9-11H,1-3H3;;;/q-3;-1;;;. The largest absolute Gasteiger partial charge is 0.374 e. The molecule has 0 aliphatic heterocycles. The number of fused-ring (bicyclic) bond motifs is 4. The molecule has 0 bridgehead atoms. The Balaban J connectivity index is 0.000000252. The molecule has 0 aliphatic rings. The molecule has 4 nitrogen and oxygen atoms in total. The van der Waals surface area contributed by atoms with Gasteiger partial charge in [-0.15, -0.1) is 42.0 Å². The van der Waals surface area contributed by atoms with E-state index in [-0.39, 0.29) is 61.2 Å². The summed E-state index contributed by atoms with van der Waals surface area (Å²) in [7, 11) is -1.23. The van der Waals surface area contributed by atoms with Crippen molar-refractivity contribution in [3.63, 3.8) is 0 Å². The summed E-state index contributed by atoms with van der Waals surface area (Å²) in [5.74, 6) is 0.805. The minimum absolute atomic E-state index is 0. The molecule has 9 rings (SSSR count). The first-order valence-corrected chi connectivity index (χ1v) is 20.5. The Morgan fingerprint density at radius 2 is 1.39 bits per heavy atom. The van der Waals surface area contributed by atoms with Crippen molar-refractivity contribution in [2.24, 2.45) is 0 Å². The van der Waals surface area contributed by atoms with Gasteiger partial charge in [0.1, 0.15) is 0 Å². The Kier molecular flexibility index (Phi) is 13.5. The molecule has 3 heterocycles. The van der Waals surface area contributed by atoms with Gasteiger partial charge < -0.3 is 25.6 Å². The maximum absolute atomic E-state index is 4.95. The number of benzene rings is 6. The fourth-order valence-corrected chi connectivity index (χ4v) is 7.27. The Morgan fingerprint density at radius 3 is 2.15 bits per heavy atom. The van der Waals surface area contributed by atoms with Crippen molar-refractivity contribution < 1.29 is 52.8 Å². The molecule has 0 saturated heterocycles. The minimum Gasteiger partial charge on any atom is -0.374 e. The summed E-state index contributed by atoms with van der Waals surface area (Å²) in [5, 5.41) is 4.79. The number of pyridine rings is 2. The third-order valence-corrected chi connectivity index (χ3v) is 11.0. The van der Waals surface area contributed by atoms with Crippen molar-refractivity contribution in [2.75, 3.05) is 0 Å². The number of aromatic nitrogens is 4. The van der Waals surface area contributed by atoms with E-state index in [1.807, 2.05) is 91.1 Å². The van der Waals surface area contributed by atoms with Crippen LogP contribution in [0.4, 0.5) is 0 Å². The Bertz CT molecular complexity index is 2630. The van der Waals surface area contributed by atoms with E-state index in [0.717, 1.165) is 66.8 Å². The van der Waals surface area contributed by atoms with Crippen LogP contribution in [0.15, 0.2) is 152 Å². The van der Waals surface area contributed by atoms with Crippen LogP contribution in [0.5, 0.6) is 0 Å². The molecular formula is C46H34BIrN4SiY-4. The third kappa shape index (κ3) is 8.62. The maximum Gasteiger partial charge on any atom is 0.0795 e. The SMILES string of the molecule is C[Si](C)(C)c1ccc(-c2[c-]cccc2)nc1.[B].[Ir].[Y].[c-]1ccc(-c2[c-]nc3c(ccc4ccccc43)c2)[c-]c1-c1nc2ccccc2n1-c1ccccc1. The van der Waals surface area contributed by atoms with E-state index >= 15 is 0 Å². The quantitative estimate of drug-likeness (QED) is 0.0981. The Labute approximate surface area is 359 Å². The monoisotopic (exact) mass is 963 g/mol. The van der Waals surface area contributed by atoms with Gasteiger partial charge in [0.15, 0.2) is 0 Å². The molecule has 0 aliphatic carbocycles. The predicted molar refractivity (Wildman–Crippen MR) is 218 cm³/mol. The Morgan fingerprint density at radius 1 is 0.648 bits per heavy atom. The topological polar surface area (TPSA) is 43.6 Å². The molecule has 0 N–H and O–H groups in total. The van der Waals surface area contributed by atoms with Crippen LogP contribution in [0.25, 0.3) is 72.2 Å². The van der Waals surface area contributed by atoms with Crippen LogP contribution in [-0.4, -0.2) is 36.0 Å². The first-order valence-electron chi connectivity index (χ1n) is 17.0. The van der Waals surface area contributed by atoms with Crippen molar-refractivity contribution in [1.29, 1.82) is 0 Å². The van der Waals surface area contributed by atoms with Gasteiger partial charge >= 0.3 is 0 Å². The first kappa shape index (κ1) is 40.8. The molecule has 5 radical (unpaired) electrons. The second kappa shape index (κ2) is 17.9. The summed E-state index contributed by atoms with van der Waals surface area (Å²) in [6.07, 6.45) is 5.27. The molecule has 0 fully saturated rings. The van der Waals surface area contributed by atoms with Crippen molar-refractivity contribution in [3.05, 3.63) is 176 Å². The van der Waals surface area contributed by atoms with E-state index < -0.39 is 8.07 Å². The van der Waals surface area contributed by atoms with E-state index in [1.54, 1.807) is 0 Å². The molecule has 54 heavy (non-hydrogen) atoms. The summed E-state index contributed by atoms with van der Waals surface area (Å²) in [6.45, 7) is 7.00. The molecule has 6 aromatic carbocycles. The van der Waals surface area contributed by atoms with Crippen LogP contribution in [0.3, 0.4) is 0 Å². The minimum atomic E-state index is -1.23. The van der Waals surface area contributed by atoms with E-state index in [0.29, 0.717) is 0 Å². The summed E-state index contributed by atoms with van der Waals surface area (Å²) in [6, 6.07) is 59.4. The molecule has 9 aromatic rings. The summed E-state index contributed by atoms with van der Waals surface area (Å²) < 4.78 is 2.16. The number of imidazole rings is 1. The zero-order valence-corrected chi connectivity index (χ0v) is 36.4. The van der Waals surface area contributed by atoms with Crippen molar-refractivity contribution in [2.45, 2.75) is 19.6 Å². The van der Waals surface area contributed by atoms with Crippen LogP contribution in [0, 0.1) is 24.4 Å². The van der Waals surface area contributed by atoms with Gasteiger partial charge in [0.25, 0.3) is 0 Å². The zero-order valence-electron chi connectivity index (χ0n) is 30.2. The molecule has 3 aromatic heterocycles. The number of hydrogen-bond donors (Lipinski definition) is 0. The summed E-state index contributed by atoms with van der Waals surface area (Å²) >= 11 is 0. The van der Waals surface area contributed by atoms with Crippen LogP contribution in [-0.2, 0) is 52.8 Å². The number of hydrogen-bond acceptors (Lipinski definition) is 3. The fraction of sp³-hybridized carbons (Fsp3) is 0.0652. The van der Waals surface area contributed by atoms with Crippen LogP contribution in [0.2, 0.25) is 19.6 Å². The van der Waals surface area contributed by atoms with Crippen molar-refractivity contribution in [3.8, 4) is 39.5 Å². The zero-order chi connectivity index (χ0) is 34.8. The molecule has 261 valence electrons. The number of nitrogens with zero attached hydrogens (tertiary/aromatic N) is 4. The second-order valence-electron chi connectivity index (χ2n) is 13.5. The first-order chi connectivity index (χ1) is 24.9. The molecule has 0 unspecified atom stereocenters. The fourth-order valence-electron chi connectivity index (χ4n) is 6.24. The smallest absolute Gasteiger partial charge is 0.0795 e. The average molecular weight is 963 g/mol. The van der Waals surface area contributed by atoms with Crippen LogP contribution in [0.1, 0.15) is 0 Å². The average Bonchev–Trinajstić information content (AvgIpc) is 3.58. The van der Waals surface area contributed by atoms with E-state index in [4.69, 9.17) is 9.97 Å². The number of rotatable bonds is 5. The van der Waals surface area contributed by atoms with Gasteiger partial charge in [0.2, 0.25) is 0 Å². The summed E-state index contributed by atoms with van der Waals surface area (Å²) in [4.78, 5) is 14.2. The molecule has 0 spiro atoms. The van der Waals surface area contributed by atoms with Gasteiger partial charge in [-0.3, -0.25) is 23.3 Å². The van der Waals surface area contributed by atoms with Gasteiger partial charge in [0, 0.05) is 73.1 Å². The third-order valence-electron chi connectivity index (χ3n) is 8.96. The molecular weight excluding hydrogens is 929 g/mol. The van der Waals surface area contributed by atoms with Crippen molar-refractivity contribution >= 4 is 54.4 Å². The molecule has 8 heteroatoms. The van der Waals surface area contributed by atoms with Gasteiger partial charge in [-0.05, 0) is 63.5 Å². The molecule has 0 atom stereocenters. The van der Waals surface area contributed by atoms with E-state index in [1.165, 1.54) is 10.6 Å². The van der Waals surface area contributed by atoms with Gasteiger partial charge in [-0.25, -0.2) is 6.07 Å². The second-order valence-corrected chi connectivity index (χ2v) is 18.5. The molecule has 0 amide bonds. The van der Waals surface area contributed by atoms with Crippen LogP contribution < -0.4 is 5.19 Å².